The number of amides is 1. The number of hydrogen-bond donors (Lipinski definition) is 2. The lowest BCUT2D eigenvalue weighted by atomic mass is 10.3. The zero-order chi connectivity index (χ0) is 15.1. The molecule has 6 heteroatoms. The predicted octanol–water partition coefficient (Wildman–Crippen LogP) is 2.01. The van der Waals surface area contributed by atoms with E-state index in [2.05, 4.69) is 39.4 Å². The van der Waals surface area contributed by atoms with Gasteiger partial charge in [0.2, 0.25) is 5.95 Å². The lowest BCUT2D eigenvalue weighted by Crippen LogP contribution is -2.24. The van der Waals surface area contributed by atoms with E-state index < -0.39 is 0 Å². The van der Waals surface area contributed by atoms with Crippen LogP contribution in [-0.2, 0) is 6.54 Å². The molecule has 1 atom stereocenters. The van der Waals surface area contributed by atoms with Gasteiger partial charge in [-0.15, -0.1) is 0 Å². The summed E-state index contributed by atoms with van der Waals surface area (Å²) in [6, 6.07) is 5.87. The molecule has 0 aliphatic heterocycles. The Labute approximate surface area is 124 Å². The van der Waals surface area contributed by atoms with Gasteiger partial charge in [0.1, 0.15) is 0 Å². The van der Waals surface area contributed by atoms with Gasteiger partial charge in [-0.2, -0.15) is 0 Å². The Hall–Kier alpha value is -2.50. The molecular weight excluding hydrogens is 266 g/mol. The van der Waals surface area contributed by atoms with Crippen LogP contribution in [0.5, 0.6) is 0 Å². The van der Waals surface area contributed by atoms with Crippen molar-refractivity contribution >= 4 is 11.9 Å². The van der Waals surface area contributed by atoms with Crippen molar-refractivity contribution < 1.29 is 4.79 Å². The summed E-state index contributed by atoms with van der Waals surface area (Å²) in [6.07, 6.45) is 5.71. The summed E-state index contributed by atoms with van der Waals surface area (Å²) in [6.45, 7) is 4.51. The van der Waals surface area contributed by atoms with E-state index in [4.69, 9.17) is 0 Å². The summed E-state index contributed by atoms with van der Waals surface area (Å²) in [7, 11) is 0. The van der Waals surface area contributed by atoms with Gasteiger partial charge in [-0.3, -0.25) is 9.78 Å². The third-order valence-electron chi connectivity index (χ3n) is 3.06. The van der Waals surface area contributed by atoms with Gasteiger partial charge >= 0.3 is 0 Å². The molecule has 1 unspecified atom stereocenters. The average Bonchev–Trinajstić information content (AvgIpc) is 2.54. The quantitative estimate of drug-likeness (QED) is 0.848. The first-order valence-corrected chi connectivity index (χ1v) is 6.95. The molecule has 0 radical (unpaired) electrons. The lowest BCUT2D eigenvalue weighted by Gasteiger charge is -2.11. The summed E-state index contributed by atoms with van der Waals surface area (Å²) in [5.41, 5.74) is 1.24. The molecular formula is C15H19N5O. The predicted molar refractivity (Wildman–Crippen MR) is 80.8 cm³/mol. The highest BCUT2D eigenvalue weighted by molar-refractivity contribution is 5.93. The summed E-state index contributed by atoms with van der Waals surface area (Å²) in [5.74, 6) is 0.321. The number of anilines is 1. The van der Waals surface area contributed by atoms with Crippen molar-refractivity contribution in [3.05, 3.63) is 48.0 Å². The first-order valence-electron chi connectivity index (χ1n) is 6.95. The molecule has 2 aromatic heterocycles. The van der Waals surface area contributed by atoms with Crippen molar-refractivity contribution in [1.29, 1.82) is 0 Å². The van der Waals surface area contributed by atoms with Gasteiger partial charge in [0.15, 0.2) is 0 Å². The number of aromatic nitrogens is 3. The summed E-state index contributed by atoms with van der Waals surface area (Å²) < 4.78 is 0. The Morgan fingerprint density at radius 3 is 2.62 bits per heavy atom. The topological polar surface area (TPSA) is 79.8 Å². The van der Waals surface area contributed by atoms with Gasteiger partial charge in [0, 0.05) is 24.6 Å². The third kappa shape index (κ3) is 4.52. The summed E-state index contributed by atoms with van der Waals surface area (Å²) in [5, 5.41) is 5.94. The smallest absolute Gasteiger partial charge is 0.254 e. The maximum absolute atomic E-state index is 12.0. The number of nitrogens with one attached hydrogen (secondary N) is 2. The fourth-order valence-corrected chi connectivity index (χ4v) is 1.62. The molecule has 0 saturated heterocycles. The first-order chi connectivity index (χ1) is 10.2. The van der Waals surface area contributed by atoms with Gasteiger partial charge in [-0.05, 0) is 25.5 Å². The van der Waals surface area contributed by atoms with Crippen molar-refractivity contribution in [3.63, 3.8) is 0 Å². The second-order valence-electron chi connectivity index (χ2n) is 4.75. The monoisotopic (exact) mass is 285 g/mol. The van der Waals surface area contributed by atoms with Gasteiger partial charge in [-0.25, -0.2) is 9.97 Å². The fourth-order valence-electron chi connectivity index (χ4n) is 1.62. The molecule has 2 aromatic rings. The number of rotatable bonds is 6. The molecule has 0 aliphatic rings. The summed E-state index contributed by atoms with van der Waals surface area (Å²) >= 11 is 0. The molecule has 0 spiro atoms. The van der Waals surface area contributed by atoms with E-state index in [9.17, 15) is 4.79 Å². The Morgan fingerprint density at radius 1 is 1.24 bits per heavy atom. The SMILES string of the molecule is CCC(C)Nc1ncc(C(=O)NCc2ccccn2)cn1. The molecule has 0 aliphatic carbocycles. The molecule has 0 fully saturated rings. The molecule has 2 rings (SSSR count). The molecule has 0 aromatic carbocycles. The minimum Gasteiger partial charge on any atom is -0.352 e. The third-order valence-corrected chi connectivity index (χ3v) is 3.06. The number of carbonyl (C=O) groups is 1. The molecule has 21 heavy (non-hydrogen) atoms. The number of pyridine rings is 1. The van der Waals surface area contributed by atoms with Crippen molar-refractivity contribution in [2.24, 2.45) is 0 Å². The van der Waals surface area contributed by atoms with E-state index >= 15 is 0 Å². The van der Waals surface area contributed by atoms with E-state index in [1.54, 1.807) is 6.20 Å². The van der Waals surface area contributed by atoms with Crippen molar-refractivity contribution in [2.45, 2.75) is 32.9 Å². The fraction of sp³-hybridized carbons (Fsp3) is 0.333. The van der Waals surface area contributed by atoms with E-state index in [1.165, 1.54) is 12.4 Å². The molecule has 6 nitrogen and oxygen atoms in total. The van der Waals surface area contributed by atoms with E-state index in [1.807, 2.05) is 18.2 Å². The van der Waals surface area contributed by atoms with E-state index in [0.717, 1.165) is 12.1 Å². The van der Waals surface area contributed by atoms with Crippen LogP contribution in [0.15, 0.2) is 36.8 Å². The van der Waals surface area contributed by atoms with Gasteiger partial charge < -0.3 is 10.6 Å². The van der Waals surface area contributed by atoms with Crippen LogP contribution in [0.4, 0.5) is 5.95 Å². The number of hydrogen-bond acceptors (Lipinski definition) is 5. The highest BCUT2D eigenvalue weighted by atomic mass is 16.1. The van der Waals surface area contributed by atoms with Crippen LogP contribution >= 0.6 is 0 Å². The van der Waals surface area contributed by atoms with Gasteiger partial charge in [0.05, 0.1) is 17.8 Å². The number of nitrogens with zero attached hydrogens (tertiary/aromatic N) is 3. The zero-order valence-electron chi connectivity index (χ0n) is 12.2. The molecule has 0 bridgehead atoms. The molecule has 2 N–H and O–H groups in total. The Kier molecular flexibility index (Phi) is 5.20. The van der Waals surface area contributed by atoms with E-state index in [0.29, 0.717) is 24.1 Å². The van der Waals surface area contributed by atoms with Crippen LogP contribution in [0, 0.1) is 0 Å². The highest BCUT2D eigenvalue weighted by Gasteiger charge is 2.08. The Morgan fingerprint density at radius 2 is 2.00 bits per heavy atom. The van der Waals surface area contributed by atoms with Crippen molar-refractivity contribution in [2.75, 3.05) is 5.32 Å². The van der Waals surface area contributed by atoms with Crippen LogP contribution in [-0.4, -0.2) is 26.9 Å². The Balaban J connectivity index is 1.90. The van der Waals surface area contributed by atoms with Gasteiger partial charge in [-0.1, -0.05) is 13.0 Å². The standard InChI is InChI=1S/C15H19N5O/c1-3-11(2)20-15-18-8-12(9-19-15)14(21)17-10-13-6-4-5-7-16-13/h4-9,11H,3,10H2,1-2H3,(H,17,21)(H,18,19,20). The van der Waals surface area contributed by atoms with Crippen molar-refractivity contribution in [3.8, 4) is 0 Å². The normalized spacial score (nSPS) is 11.7. The highest BCUT2D eigenvalue weighted by Crippen LogP contribution is 2.04. The second-order valence-corrected chi connectivity index (χ2v) is 4.75. The number of carbonyl (C=O) groups excluding carboxylic acids is 1. The van der Waals surface area contributed by atoms with Crippen LogP contribution in [0.25, 0.3) is 0 Å². The van der Waals surface area contributed by atoms with Crippen LogP contribution in [0.2, 0.25) is 0 Å². The lowest BCUT2D eigenvalue weighted by molar-refractivity contribution is 0.0949. The molecule has 110 valence electrons. The van der Waals surface area contributed by atoms with Crippen LogP contribution < -0.4 is 10.6 Å². The van der Waals surface area contributed by atoms with E-state index in [-0.39, 0.29) is 5.91 Å². The summed E-state index contributed by atoms with van der Waals surface area (Å²) in [4.78, 5) is 24.4. The average molecular weight is 285 g/mol. The molecule has 2 heterocycles. The second kappa shape index (κ2) is 7.33. The molecule has 0 saturated carbocycles. The largest absolute Gasteiger partial charge is 0.352 e. The van der Waals surface area contributed by atoms with Crippen LogP contribution in [0.3, 0.4) is 0 Å². The maximum atomic E-state index is 12.0. The van der Waals surface area contributed by atoms with Gasteiger partial charge in [0.25, 0.3) is 5.91 Å². The first kappa shape index (κ1) is 14.9. The Bertz CT molecular complexity index is 570. The van der Waals surface area contributed by atoms with Crippen molar-refractivity contribution in [1.82, 2.24) is 20.3 Å². The zero-order valence-corrected chi connectivity index (χ0v) is 12.2. The van der Waals surface area contributed by atoms with Crippen LogP contribution in [0.1, 0.15) is 36.3 Å². The minimum absolute atomic E-state index is 0.212. The molecule has 1 amide bonds. The maximum Gasteiger partial charge on any atom is 0.254 e. The minimum atomic E-state index is -0.212.